The van der Waals surface area contributed by atoms with Gasteiger partial charge in [0.25, 0.3) is 0 Å². The SMILES string of the molecule is Nc1nc(NCc2cccc(-c3nn[nH]n3)c2)cc(N2CCOCC2)n1. The first-order valence-corrected chi connectivity index (χ1v) is 8.32. The number of aromatic amines is 1. The van der Waals surface area contributed by atoms with E-state index in [1.807, 2.05) is 30.3 Å². The maximum Gasteiger partial charge on any atom is 0.223 e. The lowest BCUT2D eigenvalue weighted by molar-refractivity contribution is 0.122. The van der Waals surface area contributed by atoms with E-state index in [0.717, 1.165) is 30.0 Å². The van der Waals surface area contributed by atoms with Crippen molar-refractivity contribution in [1.29, 1.82) is 0 Å². The Kier molecular flexibility index (Phi) is 4.56. The van der Waals surface area contributed by atoms with Gasteiger partial charge >= 0.3 is 0 Å². The summed E-state index contributed by atoms with van der Waals surface area (Å²) in [5.41, 5.74) is 7.84. The van der Waals surface area contributed by atoms with Crippen LogP contribution in [0.2, 0.25) is 0 Å². The normalized spacial score (nSPS) is 14.4. The lowest BCUT2D eigenvalue weighted by Gasteiger charge is -2.28. The van der Waals surface area contributed by atoms with Gasteiger partial charge in [0, 0.05) is 31.3 Å². The Bertz CT molecular complexity index is 862. The van der Waals surface area contributed by atoms with Crippen molar-refractivity contribution in [2.45, 2.75) is 6.54 Å². The van der Waals surface area contributed by atoms with Gasteiger partial charge in [0.15, 0.2) is 0 Å². The highest BCUT2D eigenvalue weighted by Crippen LogP contribution is 2.20. The summed E-state index contributed by atoms with van der Waals surface area (Å²) in [5, 5.41) is 17.3. The summed E-state index contributed by atoms with van der Waals surface area (Å²) in [6.07, 6.45) is 0. The minimum atomic E-state index is 0.247. The molecule has 4 rings (SSSR count). The Labute approximate surface area is 149 Å². The Morgan fingerprint density at radius 1 is 1.19 bits per heavy atom. The number of ether oxygens (including phenoxy) is 1. The smallest absolute Gasteiger partial charge is 0.223 e. The van der Waals surface area contributed by atoms with Gasteiger partial charge in [-0.15, -0.1) is 10.2 Å². The van der Waals surface area contributed by atoms with Crippen molar-refractivity contribution in [3.8, 4) is 11.4 Å². The zero-order chi connectivity index (χ0) is 17.8. The predicted octanol–water partition coefficient (Wildman–Crippen LogP) is 0.688. The topological polar surface area (TPSA) is 131 Å². The predicted molar refractivity (Wildman–Crippen MR) is 96.4 cm³/mol. The molecule has 2 aromatic heterocycles. The molecular weight excluding hydrogens is 334 g/mol. The van der Waals surface area contributed by atoms with E-state index in [-0.39, 0.29) is 5.95 Å². The molecule has 1 aliphatic heterocycles. The number of nitrogens with one attached hydrogen (secondary N) is 2. The fraction of sp³-hybridized carbons (Fsp3) is 0.312. The molecule has 26 heavy (non-hydrogen) atoms. The van der Waals surface area contributed by atoms with E-state index >= 15 is 0 Å². The van der Waals surface area contributed by atoms with Crippen LogP contribution in [0.15, 0.2) is 30.3 Å². The van der Waals surface area contributed by atoms with Crippen molar-refractivity contribution >= 4 is 17.6 Å². The average molecular weight is 353 g/mol. The molecular formula is C16H19N9O. The van der Waals surface area contributed by atoms with Crippen LogP contribution in [0.5, 0.6) is 0 Å². The van der Waals surface area contributed by atoms with Gasteiger partial charge in [0.05, 0.1) is 13.2 Å². The van der Waals surface area contributed by atoms with Crippen LogP contribution < -0.4 is 16.0 Å². The van der Waals surface area contributed by atoms with E-state index in [9.17, 15) is 0 Å². The number of hydrogen-bond acceptors (Lipinski definition) is 9. The Morgan fingerprint density at radius 3 is 2.88 bits per heavy atom. The zero-order valence-electron chi connectivity index (χ0n) is 14.1. The molecule has 3 aromatic rings. The highest BCUT2D eigenvalue weighted by atomic mass is 16.5. The van der Waals surface area contributed by atoms with E-state index < -0.39 is 0 Å². The van der Waals surface area contributed by atoms with E-state index in [1.165, 1.54) is 0 Å². The minimum absolute atomic E-state index is 0.247. The number of nitrogens with two attached hydrogens (primary N) is 1. The molecule has 1 aliphatic rings. The van der Waals surface area contributed by atoms with Crippen LogP contribution in [0.1, 0.15) is 5.56 Å². The van der Waals surface area contributed by atoms with Gasteiger partial charge in [-0.1, -0.05) is 18.2 Å². The largest absolute Gasteiger partial charge is 0.378 e. The second-order valence-corrected chi connectivity index (χ2v) is 5.86. The van der Waals surface area contributed by atoms with Gasteiger partial charge in [-0.05, 0) is 16.8 Å². The Morgan fingerprint density at radius 2 is 2.08 bits per heavy atom. The number of benzene rings is 1. The standard InChI is InChI=1S/C16H19N9O/c17-16-19-13(9-14(20-16)25-4-6-26-7-5-25)18-10-11-2-1-3-12(8-11)15-21-23-24-22-15/h1-3,8-9H,4-7,10H2,(H3,17,18,19,20)(H,21,22,23,24). The first kappa shape index (κ1) is 16.2. The van der Waals surface area contributed by atoms with Crippen LogP contribution in [0, 0.1) is 0 Å². The quantitative estimate of drug-likeness (QED) is 0.606. The van der Waals surface area contributed by atoms with Gasteiger partial charge in [0.2, 0.25) is 11.8 Å². The molecule has 4 N–H and O–H groups in total. The average Bonchev–Trinajstić information content (AvgIpc) is 3.22. The summed E-state index contributed by atoms with van der Waals surface area (Å²) in [5.74, 6) is 2.30. The molecule has 0 saturated carbocycles. The maximum atomic E-state index is 5.88. The number of H-pyrrole nitrogens is 1. The van der Waals surface area contributed by atoms with Gasteiger partial charge in [-0.3, -0.25) is 0 Å². The van der Waals surface area contributed by atoms with Crippen LogP contribution in [-0.4, -0.2) is 56.9 Å². The summed E-state index contributed by atoms with van der Waals surface area (Å²) in [6, 6.07) is 9.82. The highest BCUT2D eigenvalue weighted by Gasteiger charge is 2.14. The third-order valence-electron chi connectivity index (χ3n) is 4.07. The number of tetrazole rings is 1. The molecule has 0 spiro atoms. The molecule has 1 fully saturated rings. The third-order valence-corrected chi connectivity index (χ3v) is 4.07. The summed E-state index contributed by atoms with van der Waals surface area (Å²) < 4.78 is 5.38. The van der Waals surface area contributed by atoms with E-state index in [1.54, 1.807) is 0 Å². The molecule has 1 aromatic carbocycles. The highest BCUT2D eigenvalue weighted by molar-refractivity contribution is 5.56. The second kappa shape index (κ2) is 7.31. The molecule has 0 bridgehead atoms. The Balaban J connectivity index is 1.48. The second-order valence-electron chi connectivity index (χ2n) is 5.86. The van der Waals surface area contributed by atoms with E-state index in [2.05, 4.69) is 40.8 Å². The molecule has 0 amide bonds. The molecule has 10 heteroatoms. The van der Waals surface area contributed by atoms with Crippen molar-refractivity contribution in [3.63, 3.8) is 0 Å². The Hall–Kier alpha value is -3.27. The van der Waals surface area contributed by atoms with Crippen LogP contribution in [0.4, 0.5) is 17.6 Å². The van der Waals surface area contributed by atoms with Crippen molar-refractivity contribution < 1.29 is 4.74 Å². The molecule has 0 atom stereocenters. The zero-order valence-corrected chi connectivity index (χ0v) is 14.1. The fourth-order valence-electron chi connectivity index (χ4n) is 2.79. The van der Waals surface area contributed by atoms with Crippen molar-refractivity contribution in [2.75, 3.05) is 42.3 Å². The van der Waals surface area contributed by atoms with Crippen molar-refractivity contribution in [1.82, 2.24) is 30.6 Å². The molecule has 1 saturated heterocycles. The molecule has 0 radical (unpaired) electrons. The molecule has 0 unspecified atom stereocenters. The van der Waals surface area contributed by atoms with Crippen LogP contribution in [-0.2, 0) is 11.3 Å². The maximum absolute atomic E-state index is 5.88. The molecule has 10 nitrogen and oxygen atoms in total. The van der Waals surface area contributed by atoms with E-state index in [0.29, 0.717) is 31.4 Å². The first-order chi connectivity index (χ1) is 12.8. The van der Waals surface area contributed by atoms with Crippen molar-refractivity contribution in [3.05, 3.63) is 35.9 Å². The van der Waals surface area contributed by atoms with Gasteiger partial charge in [0.1, 0.15) is 11.6 Å². The third kappa shape index (κ3) is 3.70. The van der Waals surface area contributed by atoms with Gasteiger partial charge in [-0.2, -0.15) is 15.2 Å². The minimum Gasteiger partial charge on any atom is -0.378 e. The number of morpholine rings is 1. The first-order valence-electron chi connectivity index (χ1n) is 8.32. The van der Waals surface area contributed by atoms with Crippen LogP contribution in [0.25, 0.3) is 11.4 Å². The van der Waals surface area contributed by atoms with Crippen LogP contribution >= 0.6 is 0 Å². The number of nitrogens with zero attached hydrogens (tertiary/aromatic N) is 6. The van der Waals surface area contributed by atoms with Gasteiger partial charge in [-0.25, -0.2) is 0 Å². The summed E-state index contributed by atoms with van der Waals surface area (Å²) in [7, 11) is 0. The number of nitrogen functional groups attached to an aromatic ring is 1. The van der Waals surface area contributed by atoms with E-state index in [4.69, 9.17) is 10.5 Å². The lowest BCUT2D eigenvalue weighted by Crippen LogP contribution is -2.37. The van der Waals surface area contributed by atoms with Crippen molar-refractivity contribution in [2.24, 2.45) is 0 Å². The summed E-state index contributed by atoms with van der Waals surface area (Å²) in [4.78, 5) is 10.7. The molecule has 3 heterocycles. The monoisotopic (exact) mass is 353 g/mol. The van der Waals surface area contributed by atoms with Crippen LogP contribution in [0.3, 0.4) is 0 Å². The number of anilines is 3. The summed E-state index contributed by atoms with van der Waals surface area (Å²) in [6.45, 7) is 3.56. The number of rotatable bonds is 5. The summed E-state index contributed by atoms with van der Waals surface area (Å²) >= 11 is 0. The lowest BCUT2D eigenvalue weighted by atomic mass is 10.1. The van der Waals surface area contributed by atoms with Gasteiger partial charge < -0.3 is 20.7 Å². The molecule has 134 valence electrons. The number of aromatic nitrogens is 6. The molecule has 0 aliphatic carbocycles. The number of hydrogen-bond donors (Lipinski definition) is 3. The fourth-order valence-corrected chi connectivity index (χ4v) is 2.79.